The Hall–Kier alpha value is -3.08. The summed E-state index contributed by atoms with van der Waals surface area (Å²) in [6, 6.07) is 17.7. The Morgan fingerprint density at radius 3 is 2.17 bits per heavy atom. The van der Waals surface area contributed by atoms with Crippen LogP contribution in [0.4, 0.5) is 0 Å². The first-order chi connectivity index (χ1) is 14.0. The molecule has 0 spiro atoms. The van der Waals surface area contributed by atoms with Crippen LogP contribution in [0.3, 0.4) is 0 Å². The fraction of sp³-hybridized carbons (Fsp3) is 0.333. The molecule has 0 atom stereocenters. The summed E-state index contributed by atoms with van der Waals surface area (Å²) in [5.74, 6) is 0.924. The topological polar surface area (TPSA) is 49.9 Å². The van der Waals surface area contributed by atoms with Crippen LogP contribution in [0.15, 0.2) is 60.7 Å². The maximum Gasteiger partial charge on any atom is 0.246 e. The Morgan fingerprint density at radius 2 is 1.55 bits per heavy atom. The van der Waals surface area contributed by atoms with Gasteiger partial charge in [0.05, 0.1) is 0 Å². The lowest BCUT2D eigenvalue weighted by molar-refractivity contribution is -0.139. The first-order valence-corrected chi connectivity index (χ1v) is 10.1. The summed E-state index contributed by atoms with van der Waals surface area (Å²) in [5.41, 5.74) is 2.07. The van der Waals surface area contributed by atoms with Crippen LogP contribution in [0.5, 0.6) is 5.75 Å². The van der Waals surface area contributed by atoms with Gasteiger partial charge in [0.25, 0.3) is 0 Å². The number of carbonyl (C=O) groups is 2. The second-order valence-electron chi connectivity index (χ2n) is 7.48. The van der Waals surface area contributed by atoms with E-state index in [4.69, 9.17) is 4.74 Å². The summed E-state index contributed by atoms with van der Waals surface area (Å²) in [7, 11) is 0. The van der Waals surface area contributed by atoms with E-state index in [1.54, 1.807) is 11.0 Å². The van der Waals surface area contributed by atoms with Gasteiger partial charge >= 0.3 is 0 Å². The van der Waals surface area contributed by atoms with Gasteiger partial charge in [-0.05, 0) is 29.3 Å². The van der Waals surface area contributed by atoms with Crippen molar-refractivity contribution in [3.63, 3.8) is 0 Å². The molecule has 5 nitrogen and oxygen atoms in total. The van der Waals surface area contributed by atoms with E-state index in [9.17, 15) is 9.59 Å². The van der Waals surface area contributed by atoms with Crippen molar-refractivity contribution in [3.05, 3.63) is 71.8 Å². The van der Waals surface area contributed by atoms with Crippen molar-refractivity contribution in [3.8, 4) is 5.75 Å². The quantitative estimate of drug-likeness (QED) is 0.706. The molecule has 0 aliphatic carbocycles. The van der Waals surface area contributed by atoms with Gasteiger partial charge in [-0.1, -0.05) is 56.3 Å². The number of carbonyl (C=O) groups excluding carboxylic acids is 2. The predicted octanol–water partition coefficient (Wildman–Crippen LogP) is 3.61. The van der Waals surface area contributed by atoms with Crippen molar-refractivity contribution in [1.82, 2.24) is 9.80 Å². The molecule has 2 aromatic rings. The number of hydrogen-bond donors (Lipinski definition) is 0. The van der Waals surface area contributed by atoms with Crippen molar-refractivity contribution in [1.29, 1.82) is 0 Å². The second kappa shape index (κ2) is 9.92. The third-order valence-electron chi connectivity index (χ3n) is 4.94. The standard InChI is InChI=1S/C24H28N2O3/c1-19(2)24(28)26-16-14-25(15-17-26)23(27)13-10-20-8-11-22(12-9-20)29-18-21-6-4-3-5-7-21/h3-13,19H,14-18H2,1-2H3. The molecule has 0 unspecified atom stereocenters. The zero-order chi connectivity index (χ0) is 20.6. The molecule has 1 aliphatic rings. The zero-order valence-electron chi connectivity index (χ0n) is 17.1. The molecular formula is C24H28N2O3. The van der Waals surface area contributed by atoms with E-state index in [-0.39, 0.29) is 17.7 Å². The lowest BCUT2D eigenvalue weighted by atomic mass is 10.1. The van der Waals surface area contributed by atoms with Crippen molar-refractivity contribution in [2.24, 2.45) is 5.92 Å². The van der Waals surface area contributed by atoms with Crippen molar-refractivity contribution in [2.45, 2.75) is 20.5 Å². The molecule has 1 heterocycles. The molecule has 1 fully saturated rings. The first-order valence-electron chi connectivity index (χ1n) is 10.1. The minimum absolute atomic E-state index is 0.00297. The van der Waals surface area contributed by atoms with Gasteiger partial charge < -0.3 is 14.5 Å². The highest BCUT2D eigenvalue weighted by Crippen LogP contribution is 2.15. The van der Waals surface area contributed by atoms with Crippen LogP contribution in [-0.2, 0) is 16.2 Å². The van der Waals surface area contributed by atoms with Crippen LogP contribution in [0.1, 0.15) is 25.0 Å². The Balaban J connectivity index is 1.47. The fourth-order valence-electron chi connectivity index (χ4n) is 3.20. The number of ether oxygens (including phenoxy) is 1. The summed E-state index contributed by atoms with van der Waals surface area (Å²) < 4.78 is 5.78. The molecule has 3 rings (SSSR count). The Morgan fingerprint density at radius 1 is 0.931 bits per heavy atom. The van der Waals surface area contributed by atoms with E-state index >= 15 is 0 Å². The molecule has 0 radical (unpaired) electrons. The number of nitrogens with zero attached hydrogens (tertiary/aromatic N) is 2. The Labute approximate surface area is 172 Å². The number of benzene rings is 2. The minimum atomic E-state index is -0.0222. The molecule has 0 N–H and O–H groups in total. The van der Waals surface area contributed by atoms with Crippen LogP contribution >= 0.6 is 0 Å². The number of amides is 2. The van der Waals surface area contributed by atoms with Crippen LogP contribution in [-0.4, -0.2) is 47.8 Å². The average Bonchev–Trinajstić information content (AvgIpc) is 2.77. The van der Waals surface area contributed by atoms with E-state index in [0.717, 1.165) is 16.9 Å². The first kappa shape index (κ1) is 20.6. The Kier molecular flexibility index (Phi) is 7.06. The normalized spacial score (nSPS) is 14.4. The molecule has 29 heavy (non-hydrogen) atoms. The van der Waals surface area contributed by atoms with Crippen LogP contribution in [0.25, 0.3) is 6.08 Å². The van der Waals surface area contributed by atoms with Crippen LogP contribution < -0.4 is 4.74 Å². The molecule has 0 saturated carbocycles. The third-order valence-corrected chi connectivity index (χ3v) is 4.94. The summed E-state index contributed by atoms with van der Waals surface area (Å²) >= 11 is 0. The van der Waals surface area contributed by atoms with Gasteiger partial charge in [0.1, 0.15) is 12.4 Å². The minimum Gasteiger partial charge on any atom is -0.489 e. The molecule has 0 aromatic heterocycles. The monoisotopic (exact) mass is 392 g/mol. The Bertz CT molecular complexity index is 836. The summed E-state index contributed by atoms with van der Waals surface area (Å²) in [6.45, 7) is 6.69. The summed E-state index contributed by atoms with van der Waals surface area (Å²) in [4.78, 5) is 28.1. The fourth-order valence-corrected chi connectivity index (χ4v) is 3.20. The lowest BCUT2D eigenvalue weighted by Gasteiger charge is -2.35. The van der Waals surface area contributed by atoms with E-state index in [2.05, 4.69) is 0 Å². The summed E-state index contributed by atoms with van der Waals surface area (Å²) in [5, 5.41) is 0. The van der Waals surface area contributed by atoms with Gasteiger partial charge in [0.2, 0.25) is 11.8 Å². The molecule has 2 aromatic carbocycles. The molecule has 152 valence electrons. The van der Waals surface area contributed by atoms with E-state index in [1.165, 1.54) is 0 Å². The maximum absolute atomic E-state index is 12.4. The second-order valence-corrected chi connectivity index (χ2v) is 7.48. The van der Waals surface area contributed by atoms with Gasteiger partial charge in [-0.15, -0.1) is 0 Å². The SMILES string of the molecule is CC(C)C(=O)N1CCN(C(=O)C=Cc2ccc(OCc3ccccc3)cc2)CC1. The smallest absolute Gasteiger partial charge is 0.246 e. The predicted molar refractivity (Wildman–Crippen MR) is 114 cm³/mol. The molecular weight excluding hydrogens is 364 g/mol. The highest BCUT2D eigenvalue weighted by Gasteiger charge is 2.24. The molecule has 2 amide bonds. The largest absolute Gasteiger partial charge is 0.489 e. The van der Waals surface area contributed by atoms with E-state index in [1.807, 2.05) is 79.4 Å². The van der Waals surface area contributed by atoms with Crippen LogP contribution in [0.2, 0.25) is 0 Å². The van der Waals surface area contributed by atoms with E-state index in [0.29, 0.717) is 32.8 Å². The average molecular weight is 392 g/mol. The number of hydrogen-bond acceptors (Lipinski definition) is 3. The van der Waals surface area contributed by atoms with Gasteiger partial charge in [-0.3, -0.25) is 9.59 Å². The molecule has 5 heteroatoms. The van der Waals surface area contributed by atoms with Crippen LogP contribution in [0, 0.1) is 5.92 Å². The van der Waals surface area contributed by atoms with E-state index < -0.39 is 0 Å². The van der Waals surface area contributed by atoms with Gasteiger partial charge in [0.15, 0.2) is 0 Å². The van der Waals surface area contributed by atoms with Crippen molar-refractivity contribution in [2.75, 3.05) is 26.2 Å². The number of rotatable bonds is 6. The van der Waals surface area contributed by atoms with Crippen molar-refractivity contribution < 1.29 is 14.3 Å². The molecule has 1 aliphatic heterocycles. The maximum atomic E-state index is 12.4. The highest BCUT2D eigenvalue weighted by atomic mass is 16.5. The highest BCUT2D eigenvalue weighted by molar-refractivity contribution is 5.92. The zero-order valence-corrected chi connectivity index (χ0v) is 17.1. The number of piperazine rings is 1. The summed E-state index contributed by atoms with van der Waals surface area (Å²) in [6.07, 6.45) is 3.41. The molecule has 0 bridgehead atoms. The molecule has 1 saturated heterocycles. The lowest BCUT2D eigenvalue weighted by Crippen LogP contribution is -2.51. The third kappa shape index (κ3) is 5.95. The van der Waals surface area contributed by atoms with Gasteiger partial charge in [0, 0.05) is 38.2 Å². The van der Waals surface area contributed by atoms with Gasteiger partial charge in [-0.25, -0.2) is 0 Å². The van der Waals surface area contributed by atoms with Crippen molar-refractivity contribution >= 4 is 17.9 Å². The van der Waals surface area contributed by atoms with Gasteiger partial charge in [-0.2, -0.15) is 0 Å².